The number of alkyl halides is 1. The second kappa shape index (κ2) is 7.85. The van der Waals surface area contributed by atoms with Gasteiger partial charge in [-0.3, -0.25) is 4.79 Å². The van der Waals surface area contributed by atoms with E-state index in [0.29, 0.717) is 18.8 Å². The molecule has 0 saturated carbocycles. The van der Waals surface area contributed by atoms with E-state index >= 15 is 0 Å². The lowest BCUT2D eigenvalue weighted by Crippen LogP contribution is -2.40. The highest BCUT2D eigenvalue weighted by molar-refractivity contribution is 6.18. The monoisotopic (exact) mass is 280 g/mol. The van der Waals surface area contributed by atoms with Crippen molar-refractivity contribution in [1.29, 1.82) is 0 Å². The zero-order valence-corrected chi connectivity index (χ0v) is 12.3. The second-order valence-corrected chi connectivity index (χ2v) is 4.85. The summed E-state index contributed by atoms with van der Waals surface area (Å²) in [6.07, 6.45) is 2.24. The van der Waals surface area contributed by atoms with E-state index in [-0.39, 0.29) is 11.9 Å². The summed E-state index contributed by atoms with van der Waals surface area (Å²) in [5.74, 6) is 0.382. The molecule has 0 aliphatic carbocycles. The van der Waals surface area contributed by atoms with Gasteiger partial charge in [0.2, 0.25) is 5.91 Å². The Morgan fingerprint density at radius 3 is 2.58 bits per heavy atom. The van der Waals surface area contributed by atoms with E-state index in [4.69, 9.17) is 11.6 Å². The van der Waals surface area contributed by atoms with Gasteiger partial charge in [-0.1, -0.05) is 24.3 Å². The van der Waals surface area contributed by atoms with Gasteiger partial charge >= 0.3 is 0 Å². The number of benzene rings is 1. The van der Waals surface area contributed by atoms with Crippen molar-refractivity contribution in [2.24, 2.45) is 0 Å². The van der Waals surface area contributed by atoms with Crippen molar-refractivity contribution in [1.82, 2.24) is 5.32 Å². The van der Waals surface area contributed by atoms with Crippen molar-refractivity contribution in [3.8, 4) is 0 Å². The summed E-state index contributed by atoms with van der Waals surface area (Å²) >= 11 is 5.78. The lowest BCUT2D eigenvalue weighted by Gasteiger charge is -2.21. The Morgan fingerprint density at radius 1 is 1.42 bits per heavy atom. The molecule has 1 atom stereocenters. The second-order valence-electron chi connectivity index (χ2n) is 4.48. The van der Waals surface area contributed by atoms with Crippen LogP contribution in [0.3, 0.4) is 0 Å². The van der Waals surface area contributed by atoms with Crippen LogP contribution in [0.25, 0.3) is 0 Å². The van der Waals surface area contributed by atoms with Crippen LogP contribution in [0.1, 0.15) is 17.5 Å². The first kappa shape index (κ1) is 15.6. The molecule has 0 aromatic heterocycles. The molecule has 4 heteroatoms. The zero-order chi connectivity index (χ0) is 14.3. The Bertz CT molecular complexity index is 426. The molecular formula is C15H21ClN2O. The predicted octanol–water partition coefficient (Wildman–Crippen LogP) is 3.02. The Balaban J connectivity index is 2.83. The third-order valence-electron chi connectivity index (χ3n) is 2.93. The molecule has 1 aromatic carbocycles. The van der Waals surface area contributed by atoms with Crippen LogP contribution in [0.2, 0.25) is 0 Å². The minimum Gasteiger partial charge on any atom is -0.373 e. The summed E-state index contributed by atoms with van der Waals surface area (Å²) in [5.41, 5.74) is 3.25. The first-order valence-corrected chi connectivity index (χ1v) is 6.91. The Kier molecular flexibility index (Phi) is 6.43. The topological polar surface area (TPSA) is 41.1 Å². The number of carbonyl (C=O) groups excluding carboxylic acids is 1. The molecule has 0 bridgehead atoms. The lowest BCUT2D eigenvalue weighted by atomic mass is 10.1. The number of amides is 1. The quantitative estimate of drug-likeness (QED) is 0.595. The molecule has 1 unspecified atom stereocenters. The van der Waals surface area contributed by atoms with Crippen molar-refractivity contribution in [2.45, 2.75) is 26.3 Å². The van der Waals surface area contributed by atoms with E-state index < -0.39 is 0 Å². The molecular weight excluding hydrogens is 260 g/mol. The first-order valence-electron chi connectivity index (χ1n) is 6.37. The highest BCUT2D eigenvalue weighted by Gasteiger charge is 2.18. The summed E-state index contributed by atoms with van der Waals surface area (Å²) < 4.78 is 0. The Labute approximate surface area is 120 Å². The number of nitrogens with one attached hydrogen (secondary N) is 2. The maximum atomic E-state index is 12.0. The van der Waals surface area contributed by atoms with Crippen LogP contribution in [0.4, 0.5) is 5.69 Å². The Morgan fingerprint density at radius 2 is 2.05 bits per heavy atom. The number of carbonyl (C=O) groups is 1. The minimum atomic E-state index is -0.322. The number of para-hydroxylation sites is 1. The molecule has 1 amide bonds. The Hall–Kier alpha value is -1.48. The molecule has 0 aliphatic heterocycles. The average molecular weight is 281 g/mol. The van der Waals surface area contributed by atoms with Gasteiger partial charge in [0.25, 0.3) is 0 Å². The van der Waals surface area contributed by atoms with Crippen LogP contribution in [-0.2, 0) is 4.79 Å². The van der Waals surface area contributed by atoms with Gasteiger partial charge in [0.15, 0.2) is 0 Å². The number of anilines is 1. The number of hydrogen-bond acceptors (Lipinski definition) is 2. The van der Waals surface area contributed by atoms with Crippen LogP contribution in [0.15, 0.2) is 30.9 Å². The number of hydrogen-bond donors (Lipinski definition) is 2. The zero-order valence-electron chi connectivity index (χ0n) is 11.5. The summed E-state index contributed by atoms with van der Waals surface area (Å²) in [6, 6.07) is 5.73. The van der Waals surface area contributed by atoms with E-state index in [1.807, 2.05) is 32.0 Å². The SMILES string of the molecule is C=CCNC(=O)C(CCCl)Nc1c(C)cccc1C. The lowest BCUT2D eigenvalue weighted by molar-refractivity contribution is -0.121. The van der Waals surface area contributed by atoms with Crippen LogP contribution in [0.5, 0.6) is 0 Å². The first-order chi connectivity index (χ1) is 9.10. The molecule has 1 aromatic rings. The number of halogens is 1. The van der Waals surface area contributed by atoms with E-state index in [1.165, 1.54) is 0 Å². The van der Waals surface area contributed by atoms with E-state index in [1.54, 1.807) is 6.08 Å². The van der Waals surface area contributed by atoms with E-state index in [0.717, 1.165) is 16.8 Å². The van der Waals surface area contributed by atoms with Gasteiger partial charge in [-0.05, 0) is 31.4 Å². The summed E-state index contributed by atoms with van der Waals surface area (Å²) in [4.78, 5) is 12.0. The molecule has 0 spiro atoms. The molecule has 0 aliphatic rings. The van der Waals surface area contributed by atoms with Crippen LogP contribution >= 0.6 is 11.6 Å². The molecule has 0 fully saturated rings. The number of aryl methyl sites for hydroxylation is 2. The molecule has 0 heterocycles. The highest BCUT2D eigenvalue weighted by atomic mass is 35.5. The normalized spacial score (nSPS) is 11.7. The molecule has 2 N–H and O–H groups in total. The van der Waals surface area contributed by atoms with Gasteiger partial charge in [-0.25, -0.2) is 0 Å². The molecule has 0 radical (unpaired) electrons. The smallest absolute Gasteiger partial charge is 0.242 e. The fourth-order valence-corrected chi connectivity index (χ4v) is 2.11. The van der Waals surface area contributed by atoms with Crippen LogP contribution in [0, 0.1) is 13.8 Å². The van der Waals surface area contributed by atoms with Crippen molar-refractivity contribution >= 4 is 23.2 Å². The maximum absolute atomic E-state index is 12.0. The highest BCUT2D eigenvalue weighted by Crippen LogP contribution is 2.21. The third kappa shape index (κ3) is 4.60. The summed E-state index contributed by atoms with van der Waals surface area (Å²) in [7, 11) is 0. The minimum absolute atomic E-state index is 0.0526. The molecule has 19 heavy (non-hydrogen) atoms. The van der Waals surface area contributed by atoms with E-state index in [2.05, 4.69) is 17.2 Å². The molecule has 1 rings (SSSR count). The van der Waals surface area contributed by atoms with Crippen molar-refractivity contribution < 1.29 is 4.79 Å². The number of rotatable bonds is 7. The average Bonchev–Trinajstić information content (AvgIpc) is 2.39. The van der Waals surface area contributed by atoms with Gasteiger partial charge < -0.3 is 10.6 Å². The maximum Gasteiger partial charge on any atom is 0.242 e. The van der Waals surface area contributed by atoms with Gasteiger partial charge in [0.05, 0.1) is 0 Å². The fourth-order valence-electron chi connectivity index (χ4n) is 1.89. The van der Waals surface area contributed by atoms with Gasteiger partial charge in [-0.2, -0.15) is 0 Å². The van der Waals surface area contributed by atoms with Crippen LogP contribution < -0.4 is 10.6 Å². The molecule has 104 valence electrons. The summed E-state index contributed by atoms with van der Waals surface area (Å²) in [5, 5.41) is 6.09. The van der Waals surface area contributed by atoms with E-state index in [9.17, 15) is 4.79 Å². The van der Waals surface area contributed by atoms with Crippen molar-refractivity contribution in [2.75, 3.05) is 17.7 Å². The van der Waals surface area contributed by atoms with Gasteiger partial charge in [-0.15, -0.1) is 18.2 Å². The van der Waals surface area contributed by atoms with Gasteiger partial charge in [0, 0.05) is 18.1 Å². The fraction of sp³-hybridized carbons (Fsp3) is 0.400. The van der Waals surface area contributed by atoms with Crippen molar-refractivity contribution in [3.05, 3.63) is 42.0 Å². The third-order valence-corrected chi connectivity index (χ3v) is 3.15. The van der Waals surface area contributed by atoms with Crippen LogP contribution in [-0.4, -0.2) is 24.4 Å². The molecule has 3 nitrogen and oxygen atoms in total. The predicted molar refractivity (Wildman–Crippen MR) is 81.9 cm³/mol. The van der Waals surface area contributed by atoms with Gasteiger partial charge in [0.1, 0.15) is 6.04 Å². The van der Waals surface area contributed by atoms with Crippen molar-refractivity contribution in [3.63, 3.8) is 0 Å². The molecule has 0 saturated heterocycles. The summed E-state index contributed by atoms with van der Waals surface area (Å²) in [6.45, 7) is 8.10. The standard InChI is InChI=1S/C15H21ClN2O/c1-4-10-17-15(19)13(8-9-16)18-14-11(2)6-5-7-12(14)3/h4-7,13,18H,1,8-10H2,2-3H3,(H,17,19). The largest absolute Gasteiger partial charge is 0.373 e.